The Bertz CT molecular complexity index is 728. The van der Waals surface area contributed by atoms with Crippen LogP contribution in [0.2, 0.25) is 0 Å². The van der Waals surface area contributed by atoms with Crippen molar-refractivity contribution in [1.29, 1.82) is 0 Å². The summed E-state index contributed by atoms with van der Waals surface area (Å²) in [7, 11) is 0. The first-order valence-electron chi connectivity index (χ1n) is 10.1. The molecule has 5 heteroatoms. The molecule has 0 aliphatic carbocycles. The van der Waals surface area contributed by atoms with Gasteiger partial charge in [-0.15, -0.1) is 0 Å². The number of hydrogen-bond donors (Lipinski definition) is 1. The zero-order valence-electron chi connectivity index (χ0n) is 16.8. The fraction of sp³-hybridized carbons (Fsp3) is 0.435. The van der Waals surface area contributed by atoms with Crippen molar-refractivity contribution < 1.29 is 9.53 Å². The van der Waals surface area contributed by atoms with Crippen LogP contribution in [-0.2, 0) is 11.2 Å². The molecule has 2 aromatic rings. The topological polar surface area (TPSA) is 44.8 Å². The van der Waals surface area contributed by atoms with Crippen LogP contribution in [0.3, 0.4) is 0 Å². The van der Waals surface area contributed by atoms with Crippen LogP contribution in [0.25, 0.3) is 0 Å². The molecule has 28 heavy (non-hydrogen) atoms. The van der Waals surface area contributed by atoms with Crippen LogP contribution in [0.5, 0.6) is 5.75 Å². The van der Waals surface area contributed by atoms with Gasteiger partial charge in [0.2, 0.25) is 5.91 Å². The Morgan fingerprint density at radius 1 is 0.964 bits per heavy atom. The predicted octanol–water partition coefficient (Wildman–Crippen LogP) is 2.35. The molecule has 1 amide bonds. The molecule has 0 unspecified atom stereocenters. The first-order chi connectivity index (χ1) is 13.7. The Balaban J connectivity index is 1.27. The largest absolute Gasteiger partial charge is 0.492 e. The van der Waals surface area contributed by atoms with Crippen LogP contribution in [0.4, 0.5) is 0 Å². The van der Waals surface area contributed by atoms with Crippen molar-refractivity contribution in [2.45, 2.75) is 13.3 Å². The molecule has 1 fully saturated rings. The molecule has 2 aromatic carbocycles. The molecule has 0 saturated carbocycles. The van der Waals surface area contributed by atoms with Gasteiger partial charge in [-0.3, -0.25) is 14.6 Å². The average molecular weight is 382 g/mol. The summed E-state index contributed by atoms with van der Waals surface area (Å²) in [4.78, 5) is 16.8. The molecule has 1 aliphatic heterocycles. The van der Waals surface area contributed by atoms with Gasteiger partial charge >= 0.3 is 0 Å². The number of piperazine rings is 1. The van der Waals surface area contributed by atoms with Crippen molar-refractivity contribution in [1.82, 2.24) is 15.1 Å². The standard InChI is InChI=1S/C23H31N3O2/c1-20-7-5-6-8-21(20)11-12-24-23(27)19-26-15-13-25(14-16-26)17-18-28-22-9-3-2-4-10-22/h2-10H,11-19H2,1H3,(H,24,27). The molecular formula is C23H31N3O2. The predicted molar refractivity (Wildman–Crippen MR) is 113 cm³/mol. The average Bonchev–Trinajstić information content (AvgIpc) is 2.72. The van der Waals surface area contributed by atoms with E-state index in [4.69, 9.17) is 4.74 Å². The summed E-state index contributed by atoms with van der Waals surface area (Å²) in [6.45, 7) is 8.73. The maximum Gasteiger partial charge on any atom is 0.234 e. The lowest BCUT2D eigenvalue weighted by Gasteiger charge is -2.34. The SMILES string of the molecule is Cc1ccccc1CCNC(=O)CN1CCN(CCOc2ccccc2)CC1. The second kappa shape index (κ2) is 10.8. The number of carbonyl (C=O) groups excluding carboxylic acids is 1. The molecule has 1 aliphatic rings. The third-order valence-electron chi connectivity index (χ3n) is 5.23. The van der Waals surface area contributed by atoms with E-state index >= 15 is 0 Å². The van der Waals surface area contributed by atoms with Gasteiger partial charge in [0, 0.05) is 39.3 Å². The third-order valence-corrected chi connectivity index (χ3v) is 5.23. The first-order valence-corrected chi connectivity index (χ1v) is 10.1. The lowest BCUT2D eigenvalue weighted by atomic mass is 10.1. The van der Waals surface area contributed by atoms with E-state index in [1.807, 2.05) is 36.4 Å². The number of para-hydroxylation sites is 1. The summed E-state index contributed by atoms with van der Waals surface area (Å²) in [6.07, 6.45) is 0.883. The number of benzene rings is 2. The Morgan fingerprint density at radius 2 is 1.64 bits per heavy atom. The zero-order valence-corrected chi connectivity index (χ0v) is 16.8. The van der Waals surface area contributed by atoms with Gasteiger partial charge in [-0.2, -0.15) is 0 Å². The molecule has 1 heterocycles. The van der Waals surface area contributed by atoms with Gasteiger partial charge in [0.25, 0.3) is 0 Å². The lowest BCUT2D eigenvalue weighted by molar-refractivity contribution is -0.122. The quantitative estimate of drug-likeness (QED) is 0.724. The zero-order chi connectivity index (χ0) is 19.6. The van der Waals surface area contributed by atoms with Gasteiger partial charge in [-0.1, -0.05) is 42.5 Å². The molecule has 0 radical (unpaired) electrons. The minimum Gasteiger partial charge on any atom is -0.492 e. The van der Waals surface area contributed by atoms with Gasteiger partial charge < -0.3 is 10.1 Å². The molecular weight excluding hydrogens is 350 g/mol. The third kappa shape index (κ3) is 6.66. The van der Waals surface area contributed by atoms with Crippen molar-refractivity contribution >= 4 is 5.91 Å². The number of rotatable bonds is 9. The lowest BCUT2D eigenvalue weighted by Crippen LogP contribution is -2.50. The van der Waals surface area contributed by atoms with Gasteiger partial charge in [0.1, 0.15) is 12.4 Å². The molecule has 3 rings (SSSR count). The van der Waals surface area contributed by atoms with Crippen LogP contribution in [-0.4, -0.2) is 68.1 Å². The van der Waals surface area contributed by atoms with Crippen molar-refractivity contribution in [3.63, 3.8) is 0 Å². The Hall–Kier alpha value is -2.37. The highest BCUT2D eigenvalue weighted by molar-refractivity contribution is 5.78. The maximum atomic E-state index is 12.2. The molecule has 5 nitrogen and oxygen atoms in total. The van der Waals surface area contributed by atoms with Crippen molar-refractivity contribution in [2.75, 3.05) is 52.4 Å². The fourth-order valence-electron chi connectivity index (χ4n) is 3.47. The molecule has 0 aromatic heterocycles. The van der Waals surface area contributed by atoms with E-state index in [0.29, 0.717) is 19.7 Å². The van der Waals surface area contributed by atoms with E-state index < -0.39 is 0 Å². The molecule has 150 valence electrons. The van der Waals surface area contributed by atoms with E-state index in [1.165, 1.54) is 11.1 Å². The van der Waals surface area contributed by atoms with E-state index in [1.54, 1.807) is 0 Å². The van der Waals surface area contributed by atoms with Crippen LogP contribution in [0, 0.1) is 6.92 Å². The molecule has 1 saturated heterocycles. The fourth-order valence-corrected chi connectivity index (χ4v) is 3.47. The van der Waals surface area contributed by atoms with E-state index in [-0.39, 0.29) is 5.91 Å². The Kier molecular flexibility index (Phi) is 7.88. The van der Waals surface area contributed by atoms with E-state index in [9.17, 15) is 4.79 Å². The van der Waals surface area contributed by atoms with Crippen LogP contribution < -0.4 is 10.1 Å². The highest BCUT2D eigenvalue weighted by atomic mass is 16.5. The van der Waals surface area contributed by atoms with Gasteiger partial charge in [0.05, 0.1) is 6.54 Å². The molecule has 0 atom stereocenters. The minimum absolute atomic E-state index is 0.120. The number of aryl methyl sites for hydroxylation is 1. The van der Waals surface area contributed by atoms with Gasteiger partial charge in [-0.25, -0.2) is 0 Å². The van der Waals surface area contributed by atoms with E-state index in [2.05, 4.69) is 40.2 Å². The minimum atomic E-state index is 0.120. The highest BCUT2D eigenvalue weighted by Crippen LogP contribution is 2.09. The van der Waals surface area contributed by atoms with Gasteiger partial charge in [-0.05, 0) is 36.6 Å². The summed E-state index contributed by atoms with van der Waals surface area (Å²) >= 11 is 0. The monoisotopic (exact) mass is 381 g/mol. The number of amides is 1. The second-order valence-corrected chi connectivity index (χ2v) is 7.31. The van der Waals surface area contributed by atoms with Crippen molar-refractivity contribution in [3.8, 4) is 5.75 Å². The number of ether oxygens (including phenoxy) is 1. The highest BCUT2D eigenvalue weighted by Gasteiger charge is 2.18. The van der Waals surface area contributed by atoms with Gasteiger partial charge in [0.15, 0.2) is 0 Å². The summed E-state index contributed by atoms with van der Waals surface area (Å²) in [5.74, 6) is 1.04. The number of nitrogens with one attached hydrogen (secondary N) is 1. The Morgan fingerprint density at radius 3 is 2.39 bits per heavy atom. The summed E-state index contributed by atoms with van der Waals surface area (Å²) in [5.41, 5.74) is 2.58. The number of nitrogens with zero attached hydrogens (tertiary/aromatic N) is 2. The van der Waals surface area contributed by atoms with Crippen LogP contribution in [0.1, 0.15) is 11.1 Å². The smallest absolute Gasteiger partial charge is 0.234 e. The number of hydrogen-bond acceptors (Lipinski definition) is 4. The van der Waals surface area contributed by atoms with Crippen molar-refractivity contribution in [2.24, 2.45) is 0 Å². The molecule has 1 N–H and O–H groups in total. The maximum absolute atomic E-state index is 12.2. The summed E-state index contributed by atoms with van der Waals surface area (Å²) < 4.78 is 5.77. The van der Waals surface area contributed by atoms with E-state index in [0.717, 1.165) is 44.9 Å². The molecule has 0 bridgehead atoms. The van der Waals surface area contributed by atoms with Crippen LogP contribution >= 0.6 is 0 Å². The summed E-state index contributed by atoms with van der Waals surface area (Å²) in [5, 5.41) is 3.06. The first kappa shape index (κ1) is 20.4. The normalized spacial score (nSPS) is 15.3. The summed E-state index contributed by atoms with van der Waals surface area (Å²) in [6, 6.07) is 18.3. The second-order valence-electron chi connectivity index (χ2n) is 7.31. The van der Waals surface area contributed by atoms with Crippen LogP contribution in [0.15, 0.2) is 54.6 Å². The number of carbonyl (C=O) groups is 1. The Labute approximate surface area is 168 Å². The van der Waals surface area contributed by atoms with Crippen molar-refractivity contribution in [3.05, 3.63) is 65.7 Å². The molecule has 0 spiro atoms.